The number of rotatable bonds is 4. The molecule has 0 saturated heterocycles. The van der Waals surface area contributed by atoms with Crippen LogP contribution in [0, 0.1) is 0 Å². The number of fused-ring (bicyclic) bond motifs is 2. The number of amides is 1. The van der Waals surface area contributed by atoms with Gasteiger partial charge in [-0.1, -0.05) is 6.07 Å². The van der Waals surface area contributed by atoms with Gasteiger partial charge in [-0.2, -0.15) is 0 Å². The number of hydrogen-bond acceptors (Lipinski definition) is 5. The minimum atomic E-state index is -0.112. The second-order valence-corrected chi connectivity index (χ2v) is 7.53. The molecule has 134 valence electrons. The average Bonchev–Trinajstić information content (AvgIpc) is 3.07. The minimum Gasteiger partial charge on any atom is -0.493 e. The Labute approximate surface area is 156 Å². The molecule has 4 rings (SSSR count). The molecular weight excluding hydrogens is 346 g/mol. The first kappa shape index (κ1) is 17.0. The number of ether oxygens (including phenoxy) is 1. The van der Waals surface area contributed by atoms with E-state index in [9.17, 15) is 4.79 Å². The second kappa shape index (κ2) is 7.05. The van der Waals surface area contributed by atoms with Crippen LogP contribution >= 0.6 is 11.3 Å². The molecule has 0 bridgehead atoms. The number of likely N-dealkylation sites (N-methyl/N-ethyl adjacent to an activating group) is 1. The van der Waals surface area contributed by atoms with E-state index in [1.807, 2.05) is 25.1 Å². The van der Waals surface area contributed by atoms with Gasteiger partial charge in [-0.05, 0) is 55.8 Å². The monoisotopic (exact) mass is 367 g/mol. The number of benzene rings is 1. The molecule has 0 saturated carbocycles. The lowest BCUT2D eigenvalue weighted by atomic mass is 9.99. The summed E-state index contributed by atoms with van der Waals surface area (Å²) in [4.78, 5) is 20.8. The number of anilines is 1. The average molecular weight is 367 g/mol. The van der Waals surface area contributed by atoms with E-state index < -0.39 is 0 Å². The Balaban J connectivity index is 1.58. The summed E-state index contributed by atoms with van der Waals surface area (Å²) in [5.41, 5.74) is 3.49. The molecule has 0 radical (unpaired) electrons. The zero-order chi connectivity index (χ0) is 18.1. The summed E-state index contributed by atoms with van der Waals surface area (Å²) in [5.74, 6) is 0.657. The fraction of sp³-hybridized carbons (Fsp3) is 0.300. The van der Waals surface area contributed by atoms with Crippen molar-refractivity contribution in [3.63, 3.8) is 0 Å². The number of thiophene rings is 1. The van der Waals surface area contributed by atoms with Gasteiger partial charge in [-0.15, -0.1) is 11.3 Å². The highest BCUT2D eigenvalue weighted by atomic mass is 32.1. The Morgan fingerprint density at radius 1 is 1.31 bits per heavy atom. The smallest absolute Gasteiger partial charge is 0.265 e. The van der Waals surface area contributed by atoms with Crippen LogP contribution in [0.5, 0.6) is 5.75 Å². The molecule has 0 unspecified atom stereocenters. The predicted molar refractivity (Wildman–Crippen MR) is 105 cm³/mol. The van der Waals surface area contributed by atoms with Crippen molar-refractivity contribution in [2.24, 2.45) is 0 Å². The molecule has 26 heavy (non-hydrogen) atoms. The number of carbonyl (C=O) groups excluding carboxylic acids is 1. The Morgan fingerprint density at radius 3 is 3.04 bits per heavy atom. The fourth-order valence-electron chi connectivity index (χ4n) is 3.28. The topological polar surface area (TPSA) is 54.5 Å². The normalized spacial score (nSPS) is 14.2. The lowest BCUT2D eigenvalue weighted by Crippen LogP contribution is -2.26. The van der Waals surface area contributed by atoms with E-state index in [1.165, 1.54) is 22.5 Å². The van der Waals surface area contributed by atoms with Gasteiger partial charge in [0.1, 0.15) is 10.6 Å². The van der Waals surface area contributed by atoms with Gasteiger partial charge in [-0.25, -0.2) is 4.98 Å². The number of nitrogens with zero attached hydrogens (tertiary/aromatic N) is 2. The zero-order valence-electron chi connectivity index (χ0n) is 14.9. The first-order valence-corrected chi connectivity index (χ1v) is 9.58. The van der Waals surface area contributed by atoms with E-state index in [0.29, 0.717) is 11.5 Å². The Morgan fingerprint density at radius 2 is 2.19 bits per heavy atom. The van der Waals surface area contributed by atoms with Crippen LogP contribution in [-0.4, -0.2) is 36.0 Å². The molecule has 0 atom stereocenters. The highest BCUT2D eigenvalue weighted by Crippen LogP contribution is 2.31. The highest BCUT2D eigenvalue weighted by molar-refractivity contribution is 7.20. The van der Waals surface area contributed by atoms with Gasteiger partial charge in [0.2, 0.25) is 0 Å². The maximum absolute atomic E-state index is 12.7. The third kappa shape index (κ3) is 3.30. The Hall–Kier alpha value is -2.44. The third-order valence-electron chi connectivity index (χ3n) is 4.59. The maximum atomic E-state index is 12.7. The van der Waals surface area contributed by atoms with E-state index in [0.717, 1.165) is 41.2 Å². The van der Waals surface area contributed by atoms with Gasteiger partial charge < -0.3 is 15.0 Å². The van der Waals surface area contributed by atoms with Crippen LogP contribution in [0.3, 0.4) is 0 Å². The standard InChI is InChI=1S/C20H21N3O2S/c1-3-25-17-6-8-21-20-16(17)11-18(26-20)19(24)22-15-5-4-13-7-9-23(2)12-14(13)10-15/h4-6,8,10-11H,3,7,9,12H2,1-2H3,(H,22,24). The van der Waals surface area contributed by atoms with E-state index in [4.69, 9.17) is 4.74 Å². The molecule has 2 aromatic heterocycles. The SMILES string of the molecule is CCOc1ccnc2sc(C(=O)Nc3ccc4c(c3)CN(C)CC4)cc12. The van der Waals surface area contributed by atoms with Crippen LogP contribution in [0.15, 0.2) is 36.5 Å². The molecule has 0 spiro atoms. The largest absolute Gasteiger partial charge is 0.493 e. The fourth-order valence-corrected chi connectivity index (χ4v) is 4.19. The molecule has 0 fully saturated rings. The zero-order valence-corrected chi connectivity index (χ0v) is 15.7. The summed E-state index contributed by atoms with van der Waals surface area (Å²) in [6.45, 7) is 4.53. The van der Waals surface area contributed by atoms with Crippen LogP contribution in [0.2, 0.25) is 0 Å². The van der Waals surface area contributed by atoms with Crippen molar-refractivity contribution in [3.05, 3.63) is 52.5 Å². The van der Waals surface area contributed by atoms with E-state index in [-0.39, 0.29) is 5.91 Å². The third-order valence-corrected chi connectivity index (χ3v) is 5.63. The summed E-state index contributed by atoms with van der Waals surface area (Å²) in [6, 6.07) is 9.89. The van der Waals surface area contributed by atoms with E-state index >= 15 is 0 Å². The summed E-state index contributed by atoms with van der Waals surface area (Å²) in [6.07, 6.45) is 2.77. The van der Waals surface area contributed by atoms with E-state index in [1.54, 1.807) is 6.20 Å². The number of aromatic nitrogens is 1. The molecule has 3 aromatic rings. The first-order valence-electron chi connectivity index (χ1n) is 8.77. The highest BCUT2D eigenvalue weighted by Gasteiger charge is 2.16. The van der Waals surface area contributed by atoms with Gasteiger partial charge in [-0.3, -0.25) is 4.79 Å². The van der Waals surface area contributed by atoms with Gasteiger partial charge in [0, 0.05) is 25.0 Å². The Kier molecular flexibility index (Phi) is 4.61. The molecule has 1 aliphatic heterocycles. The molecule has 0 aliphatic carbocycles. The van der Waals surface area contributed by atoms with Crippen LogP contribution in [0.1, 0.15) is 27.7 Å². The number of carbonyl (C=O) groups is 1. The molecule has 1 N–H and O–H groups in total. The van der Waals surface area contributed by atoms with Crippen molar-refractivity contribution >= 4 is 33.1 Å². The van der Waals surface area contributed by atoms with E-state index in [2.05, 4.69) is 34.4 Å². The minimum absolute atomic E-state index is 0.112. The molecule has 1 aliphatic rings. The molecule has 1 aromatic carbocycles. The lowest BCUT2D eigenvalue weighted by molar-refractivity contribution is 0.103. The van der Waals surface area contributed by atoms with Crippen molar-refractivity contribution in [2.45, 2.75) is 19.9 Å². The number of hydrogen-bond donors (Lipinski definition) is 1. The maximum Gasteiger partial charge on any atom is 0.265 e. The Bertz CT molecular complexity index is 967. The lowest BCUT2D eigenvalue weighted by Gasteiger charge is -2.25. The molecular formula is C20H21N3O2S. The van der Waals surface area contributed by atoms with Gasteiger partial charge in [0.25, 0.3) is 5.91 Å². The summed E-state index contributed by atoms with van der Waals surface area (Å²) in [7, 11) is 2.12. The quantitative estimate of drug-likeness (QED) is 0.759. The second-order valence-electron chi connectivity index (χ2n) is 6.50. The molecule has 1 amide bonds. The summed E-state index contributed by atoms with van der Waals surface area (Å²) < 4.78 is 5.63. The molecule has 6 heteroatoms. The van der Waals surface area contributed by atoms with Gasteiger partial charge in [0.05, 0.1) is 16.9 Å². The first-order chi connectivity index (χ1) is 12.6. The van der Waals surface area contributed by atoms with Crippen molar-refractivity contribution in [1.82, 2.24) is 9.88 Å². The molecule has 5 nitrogen and oxygen atoms in total. The van der Waals surface area contributed by atoms with Crippen LogP contribution in [0.25, 0.3) is 10.2 Å². The van der Waals surface area contributed by atoms with Crippen LogP contribution in [-0.2, 0) is 13.0 Å². The van der Waals surface area contributed by atoms with Crippen molar-refractivity contribution in [1.29, 1.82) is 0 Å². The summed E-state index contributed by atoms with van der Waals surface area (Å²) in [5, 5.41) is 3.91. The van der Waals surface area contributed by atoms with Crippen molar-refractivity contribution < 1.29 is 9.53 Å². The number of pyridine rings is 1. The van der Waals surface area contributed by atoms with Crippen molar-refractivity contribution in [2.75, 3.05) is 25.5 Å². The summed E-state index contributed by atoms with van der Waals surface area (Å²) >= 11 is 1.38. The van der Waals surface area contributed by atoms with Gasteiger partial charge >= 0.3 is 0 Å². The molecule has 3 heterocycles. The van der Waals surface area contributed by atoms with Crippen LogP contribution < -0.4 is 10.1 Å². The predicted octanol–water partition coefficient (Wildman–Crippen LogP) is 3.94. The van der Waals surface area contributed by atoms with Crippen LogP contribution in [0.4, 0.5) is 5.69 Å². The van der Waals surface area contributed by atoms with Crippen molar-refractivity contribution in [3.8, 4) is 5.75 Å². The number of nitrogens with one attached hydrogen (secondary N) is 1. The van der Waals surface area contributed by atoms with Gasteiger partial charge in [0.15, 0.2) is 0 Å².